The fourth-order valence-electron chi connectivity index (χ4n) is 2.05. The number of nitrogens with one attached hydrogen (secondary N) is 1. The predicted molar refractivity (Wildman–Crippen MR) is 81.8 cm³/mol. The molecule has 1 aromatic carbocycles. The van der Waals surface area contributed by atoms with Crippen molar-refractivity contribution in [2.24, 2.45) is 5.73 Å². The summed E-state index contributed by atoms with van der Waals surface area (Å²) in [5, 5.41) is 5.52. The van der Waals surface area contributed by atoms with Gasteiger partial charge in [0.15, 0.2) is 0 Å². The third-order valence-electron chi connectivity index (χ3n) is 3.25. The maximum atomic E-state index is 12.9. The number of nitrogens with two attached hydrogens (primary N) is 1. The molecule has 0 saturated carbocycles. The third-order valence-corrected chi connectivity index (χ3v) is 4.27. The summed E-state index contributed by atoms with van der Waals surface area (Å²) in [6, 6.07) is 8.10. The van der Waals surface area contributed by atoms with Gasteiger partial charge in [-0.3, -0.25) is 4.79 Å². The molecular formula is C15H18F2N2OS. The van der Waals surface area contributed by atoms with Crippen molar-refractivity contribution in [1.29, 1.82) is 0 Å². The van der Waals surface area contributed by atoms with Crippen molar-refractivity contribution in [3.05, 3.63) is 35.2 Å². The van der Waals surface area contributed by atoms with Crippen LogP contribution in [-0.4, -0.2) is 24.9 Å². The molecular weight excluding hydrogens is 294 g/mol. The standard InChI is InChI=1S/C15H18F2N2OS/c16-15(17,9-18)10-19-14(20)7-3-4-11-8-21-13-6-2-1-5-12(11)13/h1-2,5-6,8H,3-4,7,9-10,18H2,(H,19,20). The lowest BCUT2D eigenvalue weighted by Gasteiger charge is -2.14. The Morgan fingerprint density at radius 3 is 2.86 bits per heavy atom. The summed E-state index contributed by atoms with van der Waals surface area (Å²) in [5.41, 5.74) is 6.11. The number of halogens is 2. The van der Waals surface area contributed by atoms with Crippen LogP contribution in [0.2, 0.25) is 0 Å². The number of carbonyl (C=O) groups is 1. The minimum Gasteiger partial charge on any atom is -0.350 e. The van der Waals surface area contributed by atoms with E-state index in [0.29, 0.717) is 6.42 Å². The number of hydrogen-bond acceptors (Lipinski definition) is 3. The molecule has 0 aliphatic heterocycles. The Balaban J connectivity index is 1.78. The Labute approximate surface area is 126 Å². The van der Waals surface area contributed by atoms with E-state index in [1.807, 2.05) is 12.1 Å². The molecule has 0 spiro atoms. The smallest absolute Gasteiger partial charge is 0.277 e. The zero-order chi connectivity index (χ0) is 15.3. The van der Waals surface area contributed by atoms with Gasteiger partial charge in [0, 0.05) is 11.1 Å². The molecule has 0 atom stereocenters. The lowest BCUT2D eigenvalue weighted by Crippen LogP contribution is -2.41. The molecule has 21 heavy (non-hydrogen) atoms. The van der Waals surface area contributed by atoms with Crippen LogP contribution < -0.4 is 11.1 Å². The van der Waals surface area contributed by atoms with Crippen LogP contribution in [0.4, 0.5) is 8.78 Å². The van der Waals surface area contributed by atoms with E-state index >= 15 is 0 Å². The molecule has 2 aromatic rings. The van der Waals surface area contributed by atoms with Gasteiger partial charge in [0.05, 0.1) is 13.1 Å². The molecule has 2 rings (SSSR count). The summed E-state index contributed by atoms with van der Waals surface area (Å²) in [7, 11) is 0. The van der Waals surface area contributed by atoms with E-state index in [9.17, 15) is 13.6 Å². The minimum atomic E-state index is -3.03. The second-order valence-corrected chi connectivity index (χ2v) is 5.86. The van der Waals surface area contributed by atoms with Crippen molar-refractivity contribution in [3.63, 3.8) is 0 Å². The van der Waals surface area contributed by atoms with Gasteiger partial charge in [-0.2, -0.15) is 0 Å². The van der Waals surface area contributed by atoms with E-state index in [1.54, 1.807) is 11.3 Å². The molecule has 0 bridgehead atoms. The SMILES string of the molecule is NCC(F)(F)CNC(=O)CCCc1csc2ccccc12. The normalized spacial score (nSPS) is 11.8. The van der Waals surface area contributed by atoms with Gasteiger partial charge in [0.2, 0.25) is 5.91 Å². The number of aryl methyl sites for hydroxylation is 1. The average molecular weight is 312 g/mol. The maximum Gasteiger partial charge on any atom is 0.277 e. The average Bonchev–Trinajstić information content (AvgIpc) is 2.89. The van der Waals surface area contributed by atoms with Gasteiger partial charge in [-0.05, 0) is 35.2 Å². The second kappa shape index (κ2) is 6.95. The molecule has 1 aromatic heterocycles. The van der Waals surface area contributed by atoms with E-state index in [2.05, 4.69) is 22.8 Å². The summed E-state index contributed by atoms with van der Waals surface area (Å²) in [6.07, 6.45) is 1.65. The van der Waals surface area contributed by atoms with Crippen LogP contribution in [0, 0.1) is 0 Å². The molecule has 0 radical (unpaired) electrons. The molecule has 0 aliphatic carbocycles. The Bertz CT molecular complexity index is 612. The largest absolute Gasteiger partial charge is 0.350 e. The maximum absolute atomic E-state index is 12.9. The quantitative estimate of drug-likeness (QED) is 0.826. The number of carbonyl (C=O) groups excluding carboxylic acids is 1. The molecule has 0 fully saturated rings. The Morgan fingerprint density at radius 1 is 1.33 bits per heavy atom. The first-order chi connectivity index (χ1) is 10.0. The highest BCUT2D eigenvalue weighted by molar-refractivity contribution is 7.17. The van der Waals surface area contributed by atoms with Gasteiger partial charge in [0.25, 0.3) is 5.92 Å². The summed E-state index contributed by atoms with van der Waals surface area (Å²) in [4.78, 5) is 11.5. The van der Waals surface area contributed by atoms with Crippen LogP contribution in [0.3, 0.4) is 0 Å². The van der Waals surface area contributed by atoms with Crippen LogP contribution in [0.1, 0.15) is 18.4 Å². The number of benzene rings is 1. The van der Waals surface area contributed by atoms with E-state index < -0.39 is 19.0 Å². The fraction of sp³-hybridized carbons (Fsp3) is 0.400. The van der Waals surface area contributed by atoms with Crippen LogP contribution >= 0.6 is 11.3 Å². The van der Waals surface area contributed by atoms with E-state index in [-0.39, 0.29) is 12.3 Å². The van der Waals surface area contributed by atoms with Gasteiger partial charge < -0.3 is 11.1 Å². The monoisotopic (exact) mass is 312 g/mol. The van der Waals surface area contributed by atoms with Crippen LogP contribution in [0.15, 0.2) is 29.6 Å². The topological polar surface area (TPSA) is 55.1 Å². The van der Waals surface area contributed by atoms with Crippen molar-refractivity contribution in [3.8, 4) is 0 Å². The lowest BCUT2D eigenvalue weighted by atomic mass is 10.1. The highest BCUT2D eigenvalue weighted by Crippen LogP contribution is 2.26. The number of thiophene rings is 1. The first-order valence-corrected chi connectivity index (χ1v) is 7.69. The van der Waals surface area contributed by atoms with Crippen LogP contribution in [-0.2, 0) is 11.2 Å². The summed E-state index contributed by atoms with van der Waals surface area (Å²) in [5.74, 6) is -3.39. The number of amides is 1. The summed E-state index contributed by atoms with van der Waals surface area (Å²) >= 11 is 1.68. The number of hydrogen-bond donors (Lipinski definition) is 2. The number of alkyl halides is 2. The predicted octanol–water partition coefficient (Wildman–Crippen LogP) is 2.93. The Morgan fingerprint density at radius 2 is 2.10 bits per heavy atom. The molecule has 0 unspecified atom stereocenters. The number of fused-ring (bicyclic) bond motifs is 1. The third kappa shape index (κ3) is 4.47. The molecule has 0 saturated heterocycles. The minimum absolute atomic E-state index is 0.241. The van der Waals surface area contributed by atoms with Gasteiger partial charge in [0.1, 0.15) is 0 Å². The molecule has 3 N–H and O–H groups in total. The van der Waals surface area contributed by atoms with Gasteiger partial charge in [-0.25, -0.2) is 8.78 Å². The zero-order valence-corrected chi connectivity index (χ0v) is 12.4. The Hall–Kier alpha value is -1.53. The molecule has 0 aliphatic rings. The van der Waals surface area contributed by atoms with Crippen LogP contribution in [0.5, 0.6) is 0 Å². The van der Waals surface area contributed by atoms with E-state index in [4.69, 9.17) is 5.73 Å². The van der Waals surface area contributed by atoms with Crippen molar-refractivity contribution in [2.75, 3.05) is 13.1 Å². The van der Waals surface area contributed by atoms with Gasteiger partial charge in [-0.1, -0.05) is 18.2 Å². The number of rotatable bonds is 7. The van der Waals surface area contributed by atoms with E-state index in [0.717, 1.165) is 6.42 Å². The van der Waals surface area contributed by atoms with Gasteiger partial charge >= 0.3 is 0 Å². The molecule has 1 heterocycles. The van der Waals surface area contributed by atoms with Gasteiger partial charge in [-0.15, -0.1) is 11.3 Å². The first kappa shape index (κ1) is 15.9. The second-order valence-electron chi connectivity index (χ2n) is 4.95. The van der Waals surface area contributed by atoms with Crippen molar-refractivity contribution in [1.82, 2.24) is 5.32 Å². The lowest BCUT2D eigenvalue weighted by molar-refractivity contribution is -0.122. The van der Waals surface area contributed by atoms with E-state index in [1.165, 1.54) is 15.6 Å². The molecule has 1 amide bonds. The molecule has 6 heteroatoms. The zero-order valence-electron chi connectivity index (χ0n) is 11.6. The highest BCUT2D eigenvalue weighted by Gasteiger charge is 2.26. The summed E-state index contributed by atoms with van der Waals surface area (Å²) < 4.78 is 27.0. The van der Waals surface area contributed by atoms with Crippen molar-refractivity contribution in [2.45, 2.75) is 25.2 Å². The van der Waals surface area contributed by atoms with Crippen LogP contribution in [0.25, 0.3) is 10.1 Å². The molecule has 3 nitrogen and oxygen atoms in total. The fourth-order valence-corrected chi connectivity index (χ4v) is 3.05. The first-order valence-electron chi connectivity index (χ1n) is 6.81. The highest BCUT2D eigenvalue weighted by atomic mass is 32.1. The molecule has 114 valence electrons. The van der Waals surface area contributed by atoms with Crippen molar-refractivity contribution < 1.29 is 13.6 Å². The van der Waals surface area contributed by atoms with Crippen molar-refractivity contribution >= 4 is 27.3 Å². The summed E-state index contributed by atoms with van der Waals surface area (Å²) in [6.45, 7) is -1.45. The Kier molecular flexibility index (Phi) is 5.25.